The number of pyridine rings is 1. The predicted molar refractivity (Wildman–Crippen MR) is 128 cm³/mol. The third-order valence-corrected chi connectivity index (χ3v) is 6.60. The lowest BCUT2D eigenvalue weighted by molar-refractivity contribution is -0.120. The van der Waals surface area contributed by atoms with Crippen LogP contribution in [0.25, 0.3) is 0 Å². The van der Waals surface area contributed by atoms with Gasteiger partial charge in [-0.1, -0.05) is 25.3 Å². The number of anilines is 1. The van der Waals surface area contributed by atoms with Crippen molar-refractivity contribution in [1.82, 2.24) is 14.8 Å². The number of aryl methyl sites for hydroxylation is 1. The van der Waals surface area contributed by atoms with Gasteiger partial charge in [-0.2, -0.15) is 0 Å². The van der Waals surface area contributed by atoms with Crippen LogP contribution in [0.4, 0.5) is 10.5 Å². The molecule has 0 bridgehead atoms. The lowest BCUT2D eigenvalue weighted by Crippen LogP contribution is -2.49. The van der Waals surface area contributed by atoms with Gasteiger partial charge in [0.15, 0.2) is 0 Å². The van der Waals surface area contributed by atoms with Gasteiger partial charge in [0, 0.05) is 50.2 Å². The zero-order valence-electron chi connectivity index (χ0n) is 19.2. The van der Waals surface area contributed by atoms with Gasteiger partial charge in [-0.15, -0.1) is 0 Å². The monoisotopic (exact) mass is 450 g/mol. The molecule has 1 aliphatic carbocycles. The average molecular weight is 451 g/mol. The largest absolute Gasteiger partial charge is 0.415 e. The highest BCUT2D eigenvalue weighted by Crippen LogP contribution is 2.25. The molecule has 176 valence electrons. The van der Waals surface area contributed by atoms with Crippen molar-refractivity contribution >= 4 is 17.7 Å². The van der Waals surface area contributed by atoms with E-state index in [0.717, 1.165) is 63.8 Å². The van der Waals surface area contributed by atoms with Crippen LogP contribution in [0, 0.1) is 5.92 Å². The van der Waals surface area contributed by atoms with Crippen molar-refractivity contribution in [2.24, 2.45) is 5.92 Å². The molecular formula is C26H34N4O3. The van der Waals surface area contributed by atoms with Gasteiger partial charge in [-0.25, -0.2) is 4.79 Å². The number of nitrogens with zero attached hydrogens (tertiary/aromatic N) is 3. The third-order valence-electron chi connectivity index (χ3n) is 6.60. The molecule has 7 heteroatoms. The van der Waals surface area contributed by atoms with Crippen molar-refractivity contribution in [3.63, 3.8) is 0 Å². The van der Waals surface area contributed by atoms with E-state index in [1.54, 1.807) is 35.4 Å². The van der Waals surface area contributed by atoms with Gasteiger partial charge in [0.1, 0.15) is 5.75 Å². The van der Waals surface area contributed by atoms with E-state index in [1.807, 2.05) is 12.3 Å². The maximum absolute atomic E-state index is 12.6. The first-order valence-electron chi connectivity index (χ1n) is 12.2. The Morgan fingerprint density at radius 2 is 1.76 bits per heavy atom. The Hall–Kier alpha value is -2.93. The average Bonchev–Trinajstić information content (AvgIpc) is 2.87. The zero-order valence-corrected chi connectivity index (χ0v) is 19.2. The number of hydrogen-bond acceptors (Lipinski definition) is 5. The van der Waals surface area contributed by atoms with Crippen LogP contribution in [0.2, 0.25) is 0 Å². The van der Waals surface area contributed by atoms with Crippen molar-refractivity contribution < 1.29 is 14.3 Å². The summed E-state index contributed by atoms with van der Waals surface area (Å²) in [6, 6.07) is 11.2. The summed E-state index contributed by atoms with van der Waals surface area (Å²) in [6.07, 6.45) is 10.9. The Morgan fingerprint density at radius 3 is 2.45 bits per heavy atom. The van der Waals surface area contributed by atoms with Crippen molar-refractivity contribution in [3.8, 4) is 5.75 Å². The number of carbonyl (C=O) groups excluding carboxylic acids is 2. The second-order valence-corrected chi connectivity index (χ2v) is 9.01. The Labute approximate surface area is 196 Å². The lowest BCUT2D eigenvalue weighted by Gasteiger charge is -2.34. The first-order chi connectivity index (χ1) is 16.2. The first kappa shape index (κ1) is 23.2. The normalized spacial score (nSPS) is 17.5. The van der Waals surface area contributed by atoms with E-state index in [2.05, 4.69) is 21.3 Å². The second kappa shape index (κ2) is 11.8. The summed E-state index contributed by atoms with van der Waals surface area (Å²) in [4.78, 5) is 33.3. The van der Waals surface area contributed by atoms with Gasteiger partial charge in [0.05, 0.1) is 0 Å². The van der Waals surface area contributed by atoms with Crippen LogP contribution in [0.3, 0.4) is 0 Å². The van der Waals surface area contributed by atoms with E-state index >= 15 is 0 Å². The fraction of sp³-hybridized carbons (Fsp3) is 0.500. The Balaban J connectivity index is 1.16. The molecule has 2 amide bonds. The summed E-state index contributed by atoms with van der Waals surface area (Å²) in [7, 11) is 0. The van der Waals surface area contributed by atoms with E-state index < -0.39 is 0 Å². The molecule has 1 aliphatic heterocycles. The van der Waals surface area contributed by atoms with Crippen LogP contribution in [0.15, 0.2) is 48.8 Å². The molecule has 1 saturated carbocycles. The lowest BCUT2D eigenvalue weighted by atomic mass is 9.88. The quantitative estimate of drug-likeness (QED) is 0.679. The summed E-state index contributed by atoms with van der Waals surface area (Å²) in [5, 5.41) is 2.99. The zero-order chi connectivity index (χ0) is 22.9. The molecule has 2 fully saturated rings. The number of rotatable bonds is 7. The van der Waals surface area contributed by atoms with Crippen molar-refractivity contribution in [1.29, 1.82) is 0 Å². The number of benzene rings is 1. The smallest absolute Gasteiger partial charge is 0.410 e. The Kier molecular flexibility index (Phi) is 8.30. The summed E-state index contributed by atoms with van der Waals surface area (Å²) in [5.74, 6) is 0.706. The molecule has 1 aromatic heterocycles. The summed E-state index contributed by atoms with van der Waals surface area (Å²) in [5.41, 5.74) is 2.00. The number of piperazine rings is 1. The van der Waals surface area contributed by atoms with E-state index in [4.69, 9.17) is 4.74 Å². The maximum Gasteiger partial charge on any atom is 0.415 e. The molecule has 2 aromatic rings. The van der Waals surface area contributed by atoms with Crippen molar-refractivity contribution in [2.45, 2.75) is 44.9 Å². The van der Waals surface area contributed by atoms with Crippen LogP contribution >= 0.6 is 0 Å². The molecular weight excluding hydrogens is 416 g/mol. The molecule has 7 nitrogen and oxygen atoms in total. The van der Waals surface area contributed by atoms with Gasteiger partial charge in [0.2, 0.25) is 5.91 Å². The molecule has 0 spiro atoms. The molecule has 0 atom stereocenters. The van der Waals surface area contributed by atoms with Crippen LogP contribution in [-0.2, 0) is 11.2 Å². The fourth-order valence-corrected chi connectivity index (χ4v) is 4.59. The second-order valence-electron chi connectivity index (χ2n) is 9.01. The van der Waals surface area contributed by atoms with Crippen molar-refractivity contribution in [2.75, 3.05) is 38.0 Å². The minimum absolute atomic E-state index is 0.0951. The standard InChI is InChI=1S/C26H34N4O3/c31-25(22-8-2-1-3-9-22)28-23-10-12-24(13-11-23)33-26(32)30-18-16-29(17-19-30)15-5-7-21-6-4-14-27-20-21/h4,6,10-14,20,22H,1-3,5,7-9,15-19H2,(H,28,31). The van der Waals surface area contributed by atoms with Gasteiger partial charge in [-0.05, 0) is 68.1 Å². The Morgan fingerprint density at radius 1 is 1.00 bits per heavy atom. The minimum atomic E-state index is -0.316. The highest BCUT2D eigenvalue weighted by molar-refractivity contribution is 5.92. The Bertz CT molecular complexity index is 890. The molecule has 4 rings (SSSR count). The molecule has 0 radical (unpaired) electrons. The van der Waals surface area contributed by atoms with E-state index in [0.29, 0.717) is 18.8 Å². The van der Waals surface area contributed by atoms with Crippen molar-refractivity contribution in [3.05, 3.63) is 54.4 Å². The molecule has 1 saturated heterocycles. The number of ether oxygens (including phenoxy) is 1. The van der Waals surface area contributed by atoms with Gasteiger partial charge in [-0.3, -0.25) is 14.7 Å². The molecule has 33 heavy (non-hydrogen) atoms. The summed E-state index contributed by atoms with van der Waals surface area (Å²) in [6.45, 7) is 4.07. The van der Waals surface area contributed by atoms with Gasteiger partial charge < -0.3 is 15.0 Å². The molecule has 1 N–H and O–H groups in total. The number of carbonyl (C=O) groups is 2. The molecule has 2 heterocycles. The predicted octanol–water partition coefficient (Wildman–Crippen LogP) is 4.35. The summed E-state index contributed by atoms with van der Waals surface area (Å²) < 4.78 is 5.55. The molecule has 2 aliphatic rings. The van der Waals surface area contributed by atoms with Crippen LogP contribution < -0.4 is 10.1 Å². The summed E-state index contributed by atoms with van der Waals surface area (Å²) >= 11 is 0. The number of hydrogen-bond donors (Lipinski definition) is 1. The highest BCUT2D eigenvalue weighted by Gasteiger charge is 2.23. The van der Waals surface area contributed by atoms with E-state index in [1.165, 1.54) is 12.0 Å². The van der Waals surface area contributed by atoms with Gasteiger partial charge >= 0.3 is 6.09 Å². The molecule has 1 aromatic carbocycles. The fourth-order valence-electron chi connectivity index (χ4n) is 4.59. The number of aromatic nitrogens is 1. The third kappa shape index (κ3) is 7.02. The SMILES string of the molecule is O=C(Nc1ccc(OC(=O)N2CCN(CCCc3cccnc3)CC2)cc1)C1CCCCC1. The molecule has 0 unspecified atom stereocenters. The number of nitrogens with one attached hydrogen (secondary N) is 1. The number of amides is 2. The topological polar surface area (TPSA) is 74.8 Å². The first-order valence-corrected chi connectivity index (χ1v) is 12.2. The maximum atomic E-state index is 12.6. The highest BCUT2D eigenvalue weighted by atomic mass is 16.6. The van der Waals surface area contributed by atoms with E-state index in [9.17, 15) is 9.59 Å². The van der Waals surface area contributed by atoms with Crippen LogP contribution in [0.1, 0.15) is 44.1 Å². The van der Waals surface area contributed by atoms with Crippen LogP contribution in [0.5, 0.6) is 5.75 Å². The van der Waals surface area contributed by atoms with E-state index in [-0.39, 0.29) is 17.9 Å². The minimum Gasteiger partial charge on any atom is -0.410 e. The van der Waals surface area contributed by atoms with Gasteiger partial charge in [0.25, 0.3) is 0 Å². The van der Waals surface area contributed by atoms with Crippen LogP contribution in [-0.4, -0.2) is 59.5 Å².